The normalized spacial score (nSPS) is 16.0. The maximum Gasteiger partial charge on any atom is 0.233 e. The summed E-state index contributed by atoms with van der Waals surface area (Å²) < 4.78 is 32.7. The molecule has 0 atom stereocenters. The number of rotatable bonds is 7. The van der Waals surface area contributed by atoms with Gasteiger partial charge in [-0.3, -0.25) is 9.52 Å². The van der Waals surface area contributed by atoms with E-state index in [4.69, 9.17) is 4.74 Å². The van der Waals surface area contributed by atoms with E-state index < -0.39 is 10.0 Å². The lowest BCUT2D eigenvalue weighted by atomic mass is 10.1. The Morgan fingerprint density at radius 3 is 2.61 bits per heavy atom. The highest BCUT2D eigenvalue weighted by Crippen LogP contribution is 2.37. The van der Waals surface area contributed by atoms with Gasteiger partial charge < -0.3 is 9.64 Å². The molecule has 148 valence electrons. The van der Waals surface area contributed by atoms with Gasteiger partial charge in [0.2, 0.25) is 15.9 Å². The van der Waals surface area contributed by atoms with Gasteiger partial charge in [0.25, 0.3) is 0 Å². The van der Waals surface area contributed by atoms with E-state index in [2.05, 4.69) is 4.72 Å². The fourth-order valence-electron chi connectivity index (χ4n) is 3.52. The summed E-state index contributed by atoms with van der Waals surface area (Å²) in [5, 5.41) is 0. The third-order valence-electron chi connectivity index (χ3n) is 5.26. The van der Waals surface area contributed by atoms with Gasteiger partial charge in [0.15, 0.2) is 0 Å². The van der Waals surface area contributed by atoms with Gasteiger partial charge in [-0.1, -0.05) is 12.1 Å². The predicted molar refractivity (Wildman–Crippen MR) is 109 cm³/mol. The molecule has 28 heavy (non-hydrogen) atoms. The number of anilines is 2. The molecule has 1 aliphatic heterocycles. The van der Waals surface area contributed by atoms with Gasteiger partial charge in [-0.05, 0) is 67.1 Å². The first-order chi connectivity index (χ1) is 13.4. The monoisotopic (exact) mass is 400 g/mol. The Bertz CT molecular complexity index is 982. The Labute approximate surface area is 165 Å². The summed E-state index contributed by atoms with van der Waals surface area (Å²) in [5.74, 6) is 1.13. The second kappa shape index (κ2) is 7.47. The van der Waals surface area contributed by atoms with Gasteiger partial charge in [-0.15, -0.1) is 0 Å². The van der Waals surface area contributed by atoms with E-state index >= 15 is 0 Å². The molecule has 6 nitrogen and oxygen atoms in total. The van der Waals surface area contributed by atoms with Crippen molar-refractivity contribution in [1.82, 2.24) is 0 Å². The third-order valence-corrected chi connectivity index (χ3v) is 6.55. The number of nitrogens with one attached hydrogen (secondary N) is 1. The van der Waals surface area contributed by atoms with Gasteiger partial charge in [-0.25, -0.2) is 8.42 Å². The molecule has 0 unspecified atom stereocenters. The molecule has 0 spiro atoms. The van der Waals surface area contributed by atoms with E-state index in [9.17, 15) is 13.2 Å². The molecule has 1 aliphatic carbocycles. The van der Waals surface area contributed by atoms with Crippen molar-refractivity contribution in [2.24, 2.45) is 5.92 Å². The van der Waals surface area contributed by atoms with Crippen LogP contribution in [0.4, 0.5) is 11.4 Å². The molecule has 2 aromatic rings. The summed E-state index contributed by atoms with van der Waals surface area (Å²) in [4.78, 5) is 14.2. The van der Waals surface area contributed by atoms with Crippen LogP contribution in [-0.2, 0) is 27.7 Å². The minimum absolute atomic E-state index is 0.00268. The Kier molecular flexibility index (Phi) is 5.02. The zero-order valence-corrected chi connectivity index (χ0v) is 16.7. The summed E-state index contributed by atoms with van der Waals surface area (Å²) >= 11 is 0. The molecule has 7 heteroatoms. The highest BCUT2D eigenvalue weighted by Gasteiger charge is 2.36. The third kappa shape index (κ3) is 4.14. The number of fused-ring (bicyclic) bond motifs is 1. The van der Waals surface area contributed by atoms with Crippen molar-refractivity contribution < 1.29 is 17.9 Å². The Morgan fingerprint density at radius 1 is 1.18 bits per heavy atom. The maximum atomic E-state index is 12.5. The van der Waals surface area contributed by atoms with Crippen molar-refractivity contribution in [2.75, 3.05) is 29.0 Å². The summed E-state index contributed by atoms with van der Waals surface area (Å²) in [6.45, 7) is 0.679. The van der Waals surface area contributed by atoms with E-state index in [1.54, 1.807) is 13.2 Å². The average molecular weight is 401 g/mol. The van der Waals surface area contributed by atoms with E-state index in [0.29, 0.717) is 18.7 Å². The molecular formula is C21H24N2O4S. The molecule has 2 aromatic carbocycles. The highest BCUT2D eigenvalue weighted by atomic mass is 32.2. The quantitative estimate of drug-likeness (QED) is 0.775. The van der Waals surface area contributed by atoms with Crippen LogP contribution >= 0.6 is 0 Å². The number of carbonyl (C=O) groups excluding carboxylic acids is 1. The second-order valence-corrected chi connectivity index (χ2v) is 9.22. The lowest BCUT2D eigenvalue weighted by Crippen LogP contribution is -2.30. The molecular weight excluding hydrogens is 376 g/mol. The maximum absolute atomic E-state index is 12.5. The first-order valence-corrected chi connectivity index (χ1v) is 11.2. The number of benzene rings is 2. The van der Waals surface area contributed by atoms with E-state index in [1.807, 2.05) is 41.3 Å². The SMILES string of the molecule is COc1ccc(CCS(=O)(=O)Nc2ccc3c(c2)CCN3C(=O)C2CC2)cc1. The minimum atomic E-state index is -3.46. The van der Waals surface area contributed by atoms with E-state index in [1.165, 1.54) is 0 Å². The number of aryl methyl sites for hydroxylation is 1. The van der Waals surface area contributed by atoms with Gasteiger partial charge >= 0.3 is 0 Å². The lowest BCUT2D eigenvalue weighted by Gasteiger charge is -2.17. The summed E-state index contributed by atoms with van der Waals surface area (Å²) in [6.07, 6.45) is 3.15. The molecule has 2 aliphatic rings. The fraction of sp³-hybridized carbons (Fsp3) is 0.381. The van der Waals surface area contributed by atoms with Crippen molar-refractivity contribution in [3.8, 4) is 5.75 Å². The first kappa shape index (κ1) is 18.8. The molecule has 0 radical (unpaired) electrons. The predicted octanol–water partition coefficient (Wildman–Crippen LogP) is 2.98. The average Bonchev–Trinajstić information content (AvgIpc) is 3.46. The molecule has 0 aromatic heterocycles. The fourth-order valence-corrected chi connectivity index (χ4v) is 4.61. The highest BCUT2D eigenvalue weighted by molar-refractivity contribution is 7.92. The number of sulfonamides is 1. The van der Waals surface area contributed by atoms with Crippen LogP contribution in [0.3, 0.4) is 0 Å². The number of ether oxygens (including phenoxy) is 1. The van der Waals surface area contributed by atoms with Crippen LogP contribution < -0.4 is 14.4 Å². The van der Waals surface area contributed by atoms with Gasteiger partial charge in [0.05, 0.1) is 12.9 Å². The molecule has 0 bridgehead atoms. The molecule has 4 rings (SSSR count). The summed E-state index contributed by atoms with van der Waals surface area (Å²) in [7, 11) is -1.86. The van der Waals surface area contributed by atoms with Crippen LogP contribution in [0, 0.1) is 5.92 Å². The molecule has 1 saturated carbocycles. The van der Waals surface area contributed by atoms with Crippen LogP contribution in [0.5, 0.6) is 5.75 Å². The largest absolute Gasteiger partial charge is 0.497 e. The number of hydrogen-bond acceptors (Lipinski definition) is 4. The zero-order chi connectivity index (χ0) is 19.7. The molecule has 1 fully saturated rings. The van der Waals surface area contributed by atoms with Crippen molar-refractivity contribution in [3.63, 3.8) is 0 Å². The van der Waals surface area contributed by atoms with E-state index in [-0.39, 0.29) is 17.6 Å². The van der Waals surface area contributed by atoms with Crippen molar-refractivity contribution in [2.45, 2.75) is 25.7 Å². The van der Waals surface area contributed by atoms with Crippen molar-refractivity contribution >= 4 is 27.3 Å². The zero-order valence-electron chi connectivity index (χ0n) is 15.8. The number of hydrogen-bond donors (Lipinski definition) is 1. The standard InChI is InChI=1S/C21H24N2O4S/c1-27-19-7-2-15(3-8-19)11-13-28(25,26)22-18-6-9-20-17(14-18)10-12-23(20)21(24)16-4-5-16/h2-3,6-9,14,16,22H,4-5,10-13H2,1H3. The van der Waals surface area contributed by atoms with Gasteiger partial charge in [0.1, 0.15) is 5.75 Å². The van der Waals surface area contributed by atoms with Crippen molar-refractivity contribution in [1.29, 1.82) is 0 Å². The van der Waals surface area contributed by atoms with E-state index in [0.717, 1.165) is 41.8 Å². The minimum Gasteiger partial charge on any atom is -0.497 e. The first-order valence-electron chi connectivity index (χ1n) is 9.53. The van der Waals surface area contributed by atoms with Crippen LogP contribution in [0.2, 0.25) is 0 Å². The Balaban J connectivity index is 1.39. The molecule has 1 N–H and O–H groups in total. The number of methoxy groups -OCH3 is 1. The van der Waals surface area contributed by atoms with Crippen LogP contribution in [0.25, 0.3) is 0 Å². The molecule has 1 heterocycles. The van der Waals surface area contributed by atoms with Gasteiger partial charge in [0, 0.05) is 23.8 Å². The van der Waals surface area contributed by atoms with Gasteiger partial charge in [-0.2, -0.15) is 0 Å². The summed E-state index contributed by atoms with van der Waals surface area (Å²) in [6, 6.07) is 12.8. The Hall–Kier alpha value is -2.54. The number of carbonyl (C=O) groups is 1. The topological polar surface area (TPSA) is 75.7 Å². The van der Waals surface area contributed by atoms with Crippen LogP contribution in [0.1, 0.15) is 24.0 Å². The smallest absolute Gasteiger partial charge is 0.233 e. The number of nitrogens with zero attached hydrogens (tertiary/aromatic N) is 1. The van der Waals surface area contributed by atoms with Crippen molar-refractivity contribution in [3.05, 3.63) is 53.6 Å². The number of amides is 1. The van der Waals surface area contributed by atoms with Crippen LogP contribution in [-0.4, -0.2) is 33.7 Å². The molecule has 1 amide bonds. The van der Waals surface area contributed by atoms with Crippen LogP contribution in [0.15, 0.2) is 42.5 Å². The summed E-state index contributed by atoms with van der Waals surface area (Å²) in [5.41, 5.74) is 3.42. The second-order valence-electron chi connectivity index (χ2n) is 7.38. The molecule has 0 saturated heterocycles. The lowest BCUT2D eigenvalue weighted by molar-refractivity contribution is -0.119. The Morgan fingerprint density at radius 2 is 1.93 bits per heavy atom.